The second kappa shape index (κ2) is 8.02. The number of benzene rings is 1. The summed E-state index contributed by atoms with van der Waals surface area (Å²) in [5.41, 5.74) is 7.70. The number of amides is 1. The molecule has 1 aromatic carbocycles. The third kappa shape index (κ3) is 3.88. The summed E-state index contributed by atoms with van der Waals surface area (Å²) in [5, 5.41) is 0. The van der Waals surface area contributed by atoms with Crippen LogP contribution < -0.4 is 5.73 Å². The summed E-state index contributed by atoms with van der Waals surface area (Å²) < 4.78 is 6.13. The van der Waals surface area contributed by atoms with E-state index in [-0.39, 0.29) is 30.3 Å². The lowest BCUT2D eigenvalue weighted by Crippen LogP contribution is -2.41. The van der Waals surface area contributed by atoms with Crippen LogP contribution in [0.25, 0.3) is 11.3 Å². The van der Waals surface area contributed by atoms with Gasteiger partial charge in [-0.25, -0.2) is 4.98 Å². The largest absolute Gasteiger partial charge is 0.442 e. The minimum Gasteiger partial charge on any atom is -0.442 e. The molecule has 1 aromatic heterocycles. The molecule has 0 spiro atoms. The van der Waals surface area contributed by atoms with Crippen LogP contribution in [0.1, 0.15) is 57.2 Å². The van der Waals surface area contributed by atoms with Gasteiger partial charge >= 0.3 is 0 Å². The van der Waals surface area contributed by atoms with Gasteiger partial charge in [-0.15, -0.1) is 12.4 Å². The first-order valence-electron chi connectivity index (χ1n) is 8.61. The lowest BCUT2D eigenvalue weighted by molar-refractivity contribution is -0.133. The maximum atomic E-state index is 12.4. The summed E-state index contributed by atoms with van der Waals surface area (Å²) in [6.07, 6.45) is 1.81. The molecule has 2 heterocycles. The highest BCUT2D eigenvalue weighted by Crippen LogP contribution is 2.37. The summed E-state index contributed by atoms with van der Waals surface area (Å²) in [7, 11) is 0. The van der Waals surface area contributed by atoms with Crippen LogP contribution >= 0.6 is 12.4 Å². The molecule has 2 atom stereocenters. The summed E-state index contributed by atoms with van der Waals surface area (Å²) in [6, 6.07) is 9.43. The molecule has 1 amide bonds. The van der Waals surface area contributed by atoms with Crippen LogP contribution in [0.2, 0.25) is 0 Å². The Morgan fingerprint density at radius 2 is 1.96 bits per heavy atom. The van der Waals surface area contributed by atoms with Crippen LogP contribution in [0.3, 0.4) is 0 Å². The SMILES string of the molecule is CC(N)C(=O)N1CCCC1c1nc(-c2ccccc2)c(C(C)C)o1.Cl. The van der Waals surface area contributed by atoms with Crippen LogP contribution in [0.5, 0.6) is 0 Å². The monoisotopic (exact) mass is 363 g/mol. The Labute approximate surface area is 155 Å². The predicted octanol–water partition coefficient (Wildman–Crippen LogP) is 3.90. The van der Waals surface area contributed by atoms with Crippen molar-refractivity contribution >= 4 is 18.3 Å². The predicted molar refractivity (Wildman–Crippen MR) is 101 cm³/mol. The van der Waals surface area contributed by atoms with Gasteiger partial charge in [0.25, 0.3) is 0 Å². The van der Waals surface area contributed by atoms with Gasteiger partial charge in [-0.2, -0.15) is 0 Å². The fraction of sp³-hybridized carbons (Fsp3) is 0.474. The maximum absolute atomic E-state index is 12.4. The molecule has 3 rings (SSSR count). The molecule has 1 aliphatic rings. The first-order chi connectivity index (χ1) is 11.5. The van der Waals surface area contributed by atoms with E-state index in [1.807, 2.05) is 35.2 Å². The smallest absolute Gasteiger partial charge is 0.239 e. The molecule has 2 unspecified atom stereocenters. The quantitative estimate of drug-likeness (QED) is 0.894. The Kier molecular flexibility index (Phi) is 6.25. The average Bonchev–Trinajstić information content (AvgIpc) is 3.21. The standard InChI is InChI=1S/C19H25N3O2.ClH/c1-12(2)17-16(14-8-5-4-6-9-14)21-18(24-17)15-10-7-11-22(15)19(23)13(3)20;/h4-6,8-9,12-13,15H,7,10-11,20H2,1-3H3;1H. The normalized spacial score (nSPS) is 18.3. The van der Waals surface area contributed by atoms with Gasteiger partial charge in [0, 0.05) is 18.0 Å². The number of oxazole rings is 1. The van der Waals surface area contributed by atoms with Gasteiger partial charge in [-0.05, 0) is 19.8 Å². The highest BCUT2D eigenvalue weighted by atomic mass is 35.5. The summed E-state index contributed by atoms with van der Waals surface area (Å²) in [6.45, 7) is 6.62. The van der Waals surface area contributed by atoms with Gasteiger partial charge in [-0.1, -0.05) is 44.2 Å². The van der Waals surface area contributed by atoms with Gasteiger partial charge in [0.15, 0.2) is 0 Å². The van der Waals surface area contributed by atoms with Gasteiger partial charge in [0.1, 0.15) is 17.5 Å². The van der Waals surface area contributed by atoms with Crippen LogP contribution in [-0.4, -0.2) is 28.4 Å². The third-order valence-electron chi connectivity index (χ3n) is 4.45. The van der Waals surface area contributed by atoms with Crippen LogP contribution in [-0.2, 0) is 4.79 Å². The Morgan fingerprint density at radius 3 is 2.56 bits per heavy atom. The van der Waals surface area contributed by atoms with Crippen molar-refractivity contribution in [3.63, 3.8) is 0 Å². The van der Waals surface area contributed by atoms with Crippen molar-refractivity contribution in [1.29, 1.82) is 0 Å². The third-order valence-corrected chi connectivity index (χ3v) is 4.45. The molecule has 25 heavy (non-hydrogen) atoms. The van der Waals surface area contributed by atoms with E-state index in [9.17, 15) is 4.79 Å². The van der Waals surface area contributed by atoms with Crippen LogP contribution in [0.15, 0.2) is 34.7 Å². The van der Waals surface area contributed by atoms with Crippen molar-refractivity contribution < 1.29 is 9.21 Å². The maximum Gasteiger partial charge on any atom is 0.239 e. The summed E-state index contributed by atoms with van der Waals surface area (Å²) in [5.74, 6) is 1.68. The first kappa shape index (κ1) is 19.5. The Bertz CT molecular complexity index is 713. The highest BCUT2D eigenvalue weighted by Gasteiger charge is 2.35. The fourth-order valence-corrected chi connectivity index (χ4v) is 3.23. The Hall–Kier alpha value is -1.85. The molecule has 1 fully saturated rings. The van der Waals surface area contributed by atoms with Crippen molar-refractivity contribution in [3.05, 3.63) is 42.0 Å². The van der Waals surface area contributed by atoms with E-state index in [1.165, 1.54) is 0 Å². The molecule has 2 aromatic rings. The zero-order valence-corrected chi connectivity index (χ0v) is 15.8. The van der Waals surface area contributed by atoms with E-state index < -0.39 is 6.04 Å². The van der Waals surface area contributed by atoms with Crippen molar-refractivity contribution in [1.82, 2.24) is 9.88 Å². The molecule has 136 valence electrons. The number of nitrogens with two attached hydrogens (primary N) is 1. The number of hydrogen-bond donors (Lipinski definition) is 1. The van der Waals surface area contributed by atoms with E-state index >= 15 is 0 Å². The molecular formula is C19H26ClN3O2. The molecule has 5 nitrogen and oxygen atoms in total. The number of aromatic nitrogens is 1. The number of carbonyl (C=O) groups excluding carboxylic acids is 1. The molecule has 0 bridgehead atoms. The van der Waals surface area contributed by atoms with Crippen molar-refractivity contribution in [2.45, 2.75) is 51.6 Å². The molecule has 1 saturated heterocycles. The number of halogens is 1. The highest BCUT2D eigenvalue weighted by molar-refractivity contribution is 5.85. The van der Waals surface area contributed by atoms with Crippen LogP contribution in [0.4, 0.5) is 0 Å². The van der Waals surface area contributed by atoms with Gasteiger partial charge < -0.3 is 15.1 Å². The zero-order chi connectivity index (χ0) is 17.3. The minimum absolute atomic E-state index is 0. The van der Waals surface area contributed by atoms with Gasteiger partial charge in [0.05, 0.1) is 6.04 Å². The molecule has 0 radical (unpaired) electrons. The molecule has 0 aliphatic carbocycles. The van der Waals surface area contributed by atoms with Crippen LogP contribution in [0, 0.1) is 0 Å². The number of nitrogens with zero attached hydrogens (tertiary/aromatic N) is 2. The number of rotatable bonds is 4. The number of likely N-dealkylation sites (tertiary alicyclic amines) is 1. The van der Waals surface area contributed by atoms with E-state index in [2.05, 4.69) is 13.8 Å². The summed E-state index contributed by atoms with van der Waals surface area (Å²) in [4.78, 5) is 18.9. The molecular weight excluding hydrogens is 338 g/mol. The average molecular weight is 364 g/mol. The fourth-order valence-electron chi connectivity index (χ4n) is 3.23. The Balaban J connectivity index is 0.00000225. The second-order valence-corrected chi connectivity index (χ2v) is 6.76. The van der Waals surface area contributed by atoms with Gasteiger partial charge in [-0.3, -0.25) is 4.79 Å². The molecule has 2 N–H and O–H groups in total. The minimum atomic E-state index is -0.501. The van der Waals surface area contributed by atoms with E-state index in [0.717, 1.165) is 29.9 Å². The summed E-state index contributed by atoms with van der Waals surface area (Å²) >= 11 is 0. The van der Waals surface area contributed by atoms with Crippen molar-refractivity contribution in [3.8, 4) is 11.3 Å². The number of hydrogen-bond acceptors (Lipinski definition) is 4. The van der Waals surface area contributed by atoms with Crippen molar-refractivity contribution in [2.24, 2.45) is 5.73 Å². The topological polar surface area (TPSA) is 72.4 Å². The number of carbonyl (C=O) groups is 1. The second-order valence-electron chi connectivity index (χ2n) is 6.76. The van der Waals surface area contributed by atoms with E-state index in [1.54, 1.807) is 6.92 Å². The first-order valence-corrected chi connectivity index (χ1v) is 8.61. The van der Waals surface area contributed by atoms with Gasteiger partial charge in [0.2, 0.25) is 11.8 Å². The lowest BCUT2D eigenvalue weighted by atomic mass is 10.0. The lowest BCUT2D eigenvalue weighted by Gasteiger charge is -2.24. The van der Waals surface area contributed by atoms with Crippen molar-refractivity contribution in [2.75, 3.05) is 6.54 Å². The molecule has 1 aliphatic heterocycles. The van der Waals surface area contributed by atoms with E-state index in [4.69, 9.17) is 15.1 Å². The van der Waals surface area contributed by atoms with E-state index in [0.29, 0.717) is 12.4 Å². The molecule has 6 heteroatoms. The molecule has 0 saturated carbocycles. The zero-order valence-electron chi connectivity index (χ0n) is 14.9. The Morgan fingerprint density at radius 1 is 1.28 bits per heavy atom.